The molecule has 20 heteroatoms. The van der Waals surface area contributed by atoms with Crippen molar-refractivity contribution >= 4 is 43.9 Å². The topological polar surface area (TPSA) is 178 Å². The van der Waals surface area contributed by atoms with Gasteiger partial charge in [-0.25, -0.2) is 0 Å². The summed E-state index contributed by atoms with van der Waals surface area (Å²) in [6.45, 7) is 0. The molecular formula is C30H42N18S2. The van der Waals surface area contributed by atoms with E-state index in [1.807, 2.05) is 118 Å². The van der Waals surface area contributed by atoms with Crippen LogP contribution in [0.3, 0.4) is 0 Å². The molecule has 0 amide bonds. The number of hydrogen-bond donors (Lipinski definition) is 0. The van der Waals surface area contributed by atoms with E-state index < -0.39 is 0 Å². The molecule has 4 heterocycles. The third kappa shape index (κ3) is 10.4. The quantitative estimate of drug-likeness (QED) is 0.180. The van der Waals surface area contributed by atoms with Crippen molar-refractivity contribution < 1.29 is 0 Å². The molecule has 0 N–H and O–H groups in total. The zero-order valence-electron chi connectivity index (χ0n) is 29.8. The molecule has 0 atom stereocenters. The summed E-state index contributed by atoms with van der Waals surface area (Å²) in [6.07, 6.45) is 5.74. The summed E-state index contributed by atoms with van der Waals surface area (Å²) < 4.78 is 12.8. The maximum Gasteiger partial charge on any atom is 0.232 e. The molecule has 18 nitrogen and oxygen atoms in total. The number of para-hydroxylation sites is 3. The summed E-state index contributed by atoms with van der Waals surface area (Å²) in [5.74, 6) is 0. The van der Waals surface area contributed by atoms with Crippen molar-refractivity contribution in [3.8, 4) is 0 Å². The van der Waals surface area contributed by atoms with Gasteiger partial charge in [0.05, 0.1) is 49.4 Å². The van der Waals surface area contributed by atoms with E-state index in [-0.39, 0.29) is 0 Å². The van der Waals surface area contributed by atoms with Crippen LogP contribution in [0.2, 0.25) is 0 Å². The molecule has 264 valence electrons. The van der Waals surface area contributed by atoms with E-state index in [1.165, 1.54) is 21.6 Å². The lowest BCUT2D eigenvalue weighted by Crippen LogP contribution is -2.21. The van der Waals surface area contributed by atoms with Crippen LogP contribution in [0.15, 0.2) is 134 Å². The first-order chi connectivity index (χ1) is 24.2. The molecule has 0 saturated heterocycles. The highest BCUT2D eigenvalue weighted by atomic mass is 32.1. The lowest BCUT2D eigenvalue weighted by atomic mass is 10.3. The maximum atomic E-state index is 4.05. The lowest BCUT2D eigenvalue weighted by Gasteiger charge is -1.91. The first-order valence-corrected chi connectivity index (χ1v) is 16.6. The van der Waals surface area contributed by atoms with Crippen molar-refractivity contribution in [2.45, 2.75) is 0 Å². The van der Waals surface area contributed by atoms with Gasteiger partial charge in [-0.1, -0.05) is 45.8 Å². The molecule has 0 saturated carbocycles. The number of thiazole rings is 2. The number of rotatable bonds is 4. The van der Waals surface area contributed by atoms with Crippen molar-refractivity contribution in [3.05, 3.63) is 93.3 Å². The van der Waals surface area contributed by atoms with E-state index in [0.717, 1.165) is 31.9 Å². The molecule has 0 bridgehead atoms. The second-order valence-corrected chi connectivity index (χ2v) is 11.9. The fourth-order valence-electron chi connectivity index (χ4n) is 4.27. The van der Waals surface area contributed by atoms with Crippen molar-refractivity contribution in [2.75, 3.05) is 28.2 Å². The first-order valence-electron chi connectivity index (χ1n) is 14.9. The van der Waals surface area contributed by atoms with Gasteiger partial charge in [0.1, 0.15) is 0 Å². The molecule has 0 aliphatic carbocycles. The van der Waals surface area contributed by atoms with Gasteiger partial charge in [0.2, 0.25) is 20.8 Å². The predicted molar refractivity (Wildman–Crippen MR) is 196 cm³/mol. The fraction of sp³-hybridized carbons (Fsp3) is 0.333. The van der Waals surface area contributed by atoms with Crippen LogP contribution in [0, 0.1) is 0 Å². The molecule has 50 heavy (non-hydrogen) atoms. The van der Waals surface area contributed by atoms with Gasteiger partial charge in [-0.15, -0.1) is 21.5 Å². The van der Waals surface area contributed by atoms with E-state index >= 15 is 0 Å². The second-order valence-electron chi connectivity index (χ2n) is 9.99. The molecular weight excluding hydrogens is 677 g/mol. The van der Waals surface area contributed by atoms with Gasteiger partial charge in [-0.05, 0) is 45.2 Å². The van der Waals surface area contributed by atoms with Crippen LogP contribution in [-0.2, 0) is 42.3 Å². The van der Waals surface area contributed by atoms with Crippen molar-refractivity contribution in [1.82, 2.24) is 27.4 Å². The summed E-state index contributed by atoms with van der Waals surface area (Å²) in [5, 5.41) is 46.3. The van der Waals surface area contributed by atoms with Gasteiger partial charge in [0, 0.05) is 66.3 Å². The number of fused-ring (bicyclic) bond motifs is 2. The highest BCUT2D eigenvalue weighted by molar-refractivity contribution is 7.16. The van der Waals surface area contributed by atoms with Gasteiger partial charge in [0.15, 0.2) is 0 Å². The number of aromatic nitrogens is 6. The van der Waals surface area contributed by atoms with Crippen LogP contribution in [0.5, 0.6) is 0 Å². The Kier molecular flexibility index (Phi) is 15.4. The minimum atomic E-state index is 0.774. The monoisotopic (exact) mass is 718 g/mol. The van der Waals surface area contributed by atoms with Crippen LogP contribution in [0.1, 0.15) is 0 Å². The summed E-state index contributed by atoms with van der Waals surface area (Å²) in [5.41, 5.74) is 4.98. The molecule has 6 aromatic rings. The van der Waals surface area contributed by atoms with Crippen LogP contribution < -0.4 is 20.8 Å². The van der Waals surface area contributed by atoms with E-state index in [4.69, 9.17) is 0 Å². The molecule has 0 aliphatic heterocycles. The van der Waals surface area contributed by atoms with Gasteiger partial charge in [-0.2, -0.15) is 20.5 Å². The number of nitrogens with zero attached hydrogens (tertiary/aromatic N) is 18. The summed E-state index contributed by atoms with van der Waals surface area (Å²) >= 11 is 3.14. The van der Waals surface area contributed by atoms with Gasteiger partial charge in [-0.3, -0.25) is 0 Å². The van der Waals surface area contributed by atoms with Crippen LogP contribution >= 0.6 is 22.7 Å². The van der Waals surface area contributed by atoms with Crippen molar-refractivity contribution in [2.24, 2.45) is 104 Å². The average Bonchev–Trinajstić information content (AvgIpc) is 3.86. The lowest BCUT2D eigenvalue weighted by molar-refractivity contribution is 0.716. The Hall–Kier alpha value is -5.76. The Balaban J connectivity index is 0.000000183. The third-order valence-electron chi connectivity index (χ3n) is 6.71. The minimum Gasteiger partial charge on any atom is -0.325 e. The minimum absolute atomic E-state index is 0.774. The zero-order chi connectivity index (χ0) is 36.5. The number of benzene rings is 2. The van der Waals surface area contributed by atoms with E-state index in [0.29, 0.717) is 0 Å². The number of imidazole rings is 2. The Morgan fingerprint density at radius 2 is 0.920 bits per heavy atom. The zero-order valence-corrected chi connectivity index (χ0v) is 31.4. The second kappa shape index (κ2) is 19.9. The number of hydrogen-bond acceptors (Lipinski definition) is 10. The molecule has 0 fully saturated rings. The van der Waals surface area contributed by atoms with E-state index in [2.05, 4.69) is 86.0 Å². The standard InChI is InChI=1S/C10H13N5.C9H10N4S.C6H11N5.C5H8N4S/c1-11-13-12-10-14(2)8-6-4-5-7-9(8)15(10)3;1-10-12-11-9-13(2)7-5-3-4-6-8(7)14-9;1-7-9-8-6-10(2)4-5-11(6)3;1-6-8-7-5-9(2)3-4-10-5/h4-7H,1-3H3;3-6H,1-2H3;4-5H,1-3H3;3-4H,1-2H3/b;11-9+,12-10?;;7-5+,8-6?. The first kappa shape index (κ1) is 38.7. The molecule has 0 spiro atoms. The molecule has 4 aromatic heterocycles. The van der Waals surface area contributed by atoms with Crippen LogP contribution in [0.4, 0.5) is 0 Å². The normalized spacial score (nSPS) is 12.1. The Labute approximate surface area is 296 Å². The number of aryl methyl sites for hydroxylation is 6. The SMILES string of the molecule is CN=N/N=c1/sc2ccccc2n1C.CN=N/N=c1/sccn1C.CN=NN=c1n(C)c2ccccc2n1C.CN=NN=c1n(C)ccn1C. The van der Waals surface area contributed by atoms with Gasteiger partial charge >= 0.3 is 0 Å². The van der Waals surface area contributed by atoms with Gasteiger partial charge in [0.25, 0.3) is 0 Å². The van der Waals surface area contributed by atoms with E-state index in [9.17, 15) is 0 Å². The summed E-state index contributed by atoms with van der Waals surface area (Å²) in [4.78, 5) is 1.71. The summed E-state index contributed by atoms with van der Waals surface area (Å²) in [7, 11) is 18.0. The Bertz CT molecular complexity index is 2290. The smallest absolute Gasteiger partial charge is 0.232 e. The maximum absolute atomic E-state index is 4.05. The highest BCUT2D eigenvalue weighted by Gasteiger charge is 2.04. The molecule has 0 unspecified atom stereocenters. The largest absolute Gasteiger partial charge is 0.325 e. The van der Waals surface area contributed by atoms with Gasteiger partial charge < -0.3 is 27.4 Å². The van der Waals surface area contributed by atoms with Crippen molar-refractivity contribution in [3.63, 3.8) is 0 Å². The Morgan fingerprint density at radius 1 is 0.460 bits per heavy atom. The average molecular weight is 719 g/mol. The van der Waals surface area contributed by atoms with E-state index in [1.54, 1.807) is 39.5 Å². The Morgan fingerprint density at radius 3 is 1.40 bits per heavy atom. The van der Waals surface area contributed by atoms with Crippen LogP contribution in [0.25, 0.3) is 21.3 Å². The molecule has 0 aliphatic rings. The molecule has 2 aromatic carbocycles. The fourth-order valence-corrected chi connectivity index (χ4v) is 5.91. The van der Waals surface area contributed by atoms with Crippen LogP contribution in [-0.4, -0.2) is 55.6 Å². The highest BCUT2D eigenvalue weighted by Crippen LogP contribution is 2.15. The van der Waals surface area contributed by atoms with Crippen molar-refractivity contribution in [1.29, 1.82) is 0 Å². The third-order valence-corrected chi connectivity index (χ3v) is 8.65. The molecule has 0 radical (unpaired) electrons. The predicted octanol–water partition coefficient (Wildman–Crippen LogP) is 4.80. The summed E-state index contributed by atoms with van der Waals surface area (Å²) in [6, 6.07) is 16.3. The molecule has 6 rings (SSSR count).